The van der Waals surface area contributed by atoms with Crippen LogP contribution in [0.15, 0.2) is 41.1 Å². The summed E-state index contributed by atoms with van der Waals surface area (Å²) in [5.41, 5.74) is 2.03. The summed E-state index contributed by atoms with van der Waals surface area (Å²) >= 11 is 8.99. The van der Waals surface area contributed by atoms with Gasteiger partial charge in [-0.3, -0.25) is 0 Å². The summed E-state index contributed by atoms with van der Waals surface area (Å²) in [6.07, 6.45) is 3.39. The summed E-state index contributed by atoms with van der Waals surface area (Å²) in [5.74, 6) is 1.09. The molecule has 5 heteroatoms. The summed E-state index contributed by atoms with van der Waals surface area (Å²) in [5, 5.41) is 3.10. The van der Waals surface area contributed by atoms with E-state index in [2.05, 4.69) is 31.2 Å². The Morgan fingerprint density at radius 3 is 2.31 bits per heavy atom. The van der Waals surface area contributed by atoms with Gasteiger partial charge in [-0.2, -0.15) is 0 Å². The van der Waals surface area contributed by atoms with Gasteiger partial charge in [-0.25, -0.2) is 9.97 Å². The molecule has 82 valence electrons. The minimum absolute atomic E-state index is 0.523. The highest BCUT2D eigenvalue weighted by atomic mass is 79.9. The van der Waals surface area contributed by atoms with Crippen molar-refractivity contribution in [3.8, 4) is 0 Å². The van der Waals surface area contributed by atoms with E-state index in [1.54, 1.807) is 12.4 Å². The van der Waals surface area contributed by atoms with Crippen LogP contribution < -0.4 is 5.32 Å². The Balaban J connectivity index is 2.11. The second kappa shape index (κ2) is 5.27. The van der Waals surface area contributed by atoms with E-state index in [9.17, 15) is 0 Å². The molecule has 0 radical (unpaired) electrons. The molecule has 0 amide bonds. The average Bonchev–Trinajstić information content (AvgIpc) is 2.33. The smallest absolute Gasteiger partial charge is 0.227 e. The molecule has 2 rings (SSSR count). The van der Waals surface area contributed by atoms with E-state index in [0.717, 1.165) is 15.7 Å². The molecule has 1 heterocycles. The third kappa shape index (κ3) is 2.93. The Labute approximate surface area is 107 Å². The standard InChI is InChI=1S/C11H9BrClN3/c12-9-6-14-11(15-7-9)16-10-3-1-8(5-13)2-4-10/h1-4,6-7H,5H2,(H,14,15,16). The lowest BCUT2D eigenvalue weighted by Crippen LogP contribution is -1.96. The van der Waals surface area contributed by atoms with E-state index < -0.39 is 0 Å². The molecule has 0 fully saturated rings. The predicted molar refractivity (Wildman–Crippen MR) is 69.0 cm³/mol. The van der Waals surface area contributed by atoms with Crippen molar-refractivity contribution >= 4 is 39.2 Å². The molecule has 0 unspecified atom stereocenters. The van der Waals surface area contributed by atoms with Crippen molar-refractivity contribution in [2.45, 2.75) is 5.88 Å². The van der Waals surface area contributed by atoms with Crippen LogP contribution in [0.25, 0.3) is 0 Å². The van der Waals surface area contributed by atoms with Crippen molar-refractivity contribution < 1.29 is 0 Å². The number of halogens is 2. The molecule has 16 heavy (non-hydrogen) atoms. The summed E-state index contributed by atoms with van der Waals surface area (Å²) in [4.78, 5) is 8.24. The largest absolute Gasteiger partial charge is 0.324 e. The lowest BCUT2D eigenvalue weighted by atomic mass is 10.2. The second-order valence-electron chi connectivity index (χ2n) is 3.18. The zero-order valence-corrected chi connectivity index (χ0v) is 10.7. The first-order valence-corrected chi connectivity index (χ1v) is 6.00. The molecule has 0 atom stereocenters. The maximum absolute atomic E-state index is 5.71. The van der Waals surface area contributed by atoms with Gasteiger partial charge in [-0.15, -0.1) is 11.6 Å². The summed E-state index contributed by atoms with van der Waals surface area (Å²) in [6.45, 7) is 0. The van der Waals surface area contributed by atoms with Crippen LogP contribution in [-0.4, -0.2) is 9.97 Å². The van der Waals surface area contributed by atoms with Crippen molar-refractivity contribution in [1.29, 1.82) is 0 Å². The van der Waals surface area contributed by atoms with E-state index in [1.807, 2.05) is 24.3 Å². The molecule has 1 aromatic heterocycles. The number of hydrogen-bond acceptors (Lipinski definition) is 3. The Bertz CT molecular complexity index is 456. The molecule has 0 aliphatic heterocycles. The predicted octanol–water partition coefficient (Wildman–Crippen LogP) is 3.72. The van der Waals surface area contributed by atoms with Gasteiger partial charge in [0.05, 0.1) is 4.47 Å². The molecule has 3 nitrogen and oxygen atoms in total. The van der Waals surface area contributed by atoms with Crippen LogP contribution in [0.5, 0.6) is 0 Å². The topological polar surface area (TPSA) is 37.8 Å². The van der Waals surface area contributed by atoms with Crippen molar-refractivity contribution in [3.05, 3.63) is 46.7 Å². The highest BCUT2D eigenvalue weighted by Crippen LogP contribution is 2.15. The molecule has 1 aromatic carbocycles. The number of nitrogens with zero attached hydrogens (tertiary/aromatic N) is 2. The monoisotopic (exact) mass is 297 g/mol. The van der Waals surface area contributed by atoms with E-state index in [1.165, 1.54) is 0 Å². The van der Waals surface area contributed by atoms with Gasteiger partial charge in [0.1, 0.15) is 0 Å². The zero-order valence-electron chi connectivity index (χ0n) is 8.32. The number of hydrogen-bond donors (Lipinski definition) is 1. The van der Waals surface area contributed by atoms with Crippen LogP contribution in [-0.2, 0) is 5.88 Å². The summed E-state index contributed by atoms with van der Waals surface area (Å²) in [6, 6.07) is 7.83. The molecule has 0 bridgehead atoms. The average molecular weight is 299 g/mol. The fourth-order valence-electron chi connectivity index (χ4n) is 1.18. The summed E-state index contributed by atoms with van der Waals surface area (Å²) < 4.78 is 0.857. The third-order valence-corrected chi connectivity index (χ3v) is 2.70. The number of anilines is 2. The Kier molecular flexibility index (Phi) is 3.74. The number of benzene rings is 1. The minimum Gasteiger partial charge on any atom is -0.324 e. The molecule has 0 saturated carbocycles. The van der Waals surface area contributed by atoms with E-state index in [0.29, 0.717) is 11.8 Å². The van der Waals surface area contributed by atoms with Gasteiger partial charge in [0.25, 0.3) is 0 Å². The number of rotatable bonds is 3. The Morgan fingerprint density at radius 1 is 1.12 bits per heavy atom. The molecule has 0 aliphatic carbocycles. The number of alkyl halides is 1. The SMILES string of the molecule is ClCc1ccc(Nc2ncc(Br)cn2)cc1. The first-order valence-electron chi connectivity index (χ1n) is 4.67. The Hall–Kier alpha value is -1.13. The van der Waals surface area contributed by atoms with Gasteiger partial charge in [0.2, 0.25) is 5.95 Å². The van der Waals surface area contributed by atoms with E-state index in [-0.39, 0.29) is 0 Å². The lowest BCUT2D eigenvalue weighted by Gasteiger charge is -2.04. The second-order valence-corrected chi connectivity index (χ2v) is 4.36. The molecule has 1 N–H and O–H groups in total. The van der Waals surface area contributed by atoms with Crippen molar-refractivity contribution in [1.82, 2.24) is 9.97 Å². The number of aromatic nitrogens is 2. The van der Waals surface area contributed by atoms with Crippen LogP contribution in [0.2, 0.25) is 0 Å². The van der Waals surface area contributed by atoms with Gasteiger partial charge >= 0.3 is 0 Å². The molecular formula is C11H9BrClN3. The van der Waals surface area contributed by atoms with E-state index in [4.69, 9.17) is 11.6 Å². The third-order valence-electron chi connectivity index (χ3n) is 1.98. The van der Waals surface area contributed by atoms with Gasteiger partial charge in [-0.05, 0) is 33.6 Å². The minimum atomic E-state index is 0.523. The van der Waals surface area contributed by atoms with Crippen molar-refractivity contribution in [2.24, 2.45) is 0 Å². The van der Waals surface area contributed by atoms with Crippen molar-refractivity contribution in [2.75, 3.05) is 5.32 Å². The molecule has 2 aromatic rings. The zero-order chi connectivity index (χ0) is 11.4. The molecule has 0 spiro atoms. The van der Waals surface area contributed by atoms with Gasteiger partial charge < -0.3 is 5.32 Å². The van der Waals surface area contributed by atoms with Crippen LogP contribution >= 0.6 is 27.5 Å². The molecule has 0 saturated heterocycles. The van der Waals surface area contributed by atoms with Crippen molar-refractivity contribution in [3.63, 3.8) is 0 Å². The molecule has 0 aliphatic rings. The first-order chi connectivity index (χ1) is 7.78. The Morgan fingerprint density at radius 2 is 1.75 bits per heavy atom. The molecular weight excluding hydrogens is 289 g/mol. The quantitative estimate of drug-likeness (QED) is 0.878. The van der Waals surface area contributed by atoms with Gasteiger partial charge in [0, 0.05) is 24.0 Å². The highest BCUT2D eigenvalue weighted by molar-refractivity contribution is 9.10. The maximum Gasteiger partial charge on any atom is 0.227 e. The lowest BCUT2D eigenvalue weighted by molar-refractivity contribution is 1.15. The highest BCUT2D eigenvalue weighted by Gasteiger charge is 1.97. The van der Waals surface area contributed by atoms with Crippen LogP contribution in [0.1, 0.15) is 5.56 Å². The van der Waals surface area contributed by atoms with E-state index >= 15 is 0 Å². The number of nitrogens with one attached hydrogen (secondary N) is 1. The first kappa shape index (κ1) is 11.4. The van der Waals surface area contributed by atoms with Gasteiger partial charge in [0.15, 0.2) is 0 Å². The maximum atomic E-state index is 5.71. The van der Waals surface area contributed by atoms with Crippen LogP contribution in [0.3, 0.4) is 0 Å². The van der Waals surface area contributed by atoms with Crippen LogP contribution in [0.4, 0.5) is 11.6 Å². The fraction of sp³-hybridized carbons (Fsp3) is 0.0909. The fourth-order valence-corrected chi connectivity index (χ4v) is 1.57. The van der Waals surface area contributed by atoms with Crippen LogP contribution in [0, 0.1) is 0 Å². The van der Waals surface area contributed by atoms with Gasteiger partial charge in [-0.1, -0.05) is 12.1 Å². The summed E-state index contributed by atoms with van der Waals surface area (Å²) in [7, 11) is 0. The normalized spacial score (nSPS) is 10.1.